The van der Waals surface area contributed by atoms with Gasteiger partial charge in [-0.25, -0.2) is 4.39 Å². The first-order valence-electron chi connectivity index (χ1n) is 8.17. The van der Waals surface area contributed by atoms with Crippen molar-refractivity contribution in [2.24, 2.45) is 11.8 Å². The lowest BCUT2D eigenvalue weighted by atomic mass is 9.51. The van der Waals surface area contributed by atoms with Crippen LogP contribution in [0.2, 0.25) is 0 Å². The first-order chi connectivity index (χ1) is 10.5. The van der Waals surface area contributed by atoms with Crippen LogP contribution in [0.15, 0.2) is 24.3 Å². The molecule has 4 saturated carbocycles. The molecular weight excluding hydrogens is 281 g/mol. The van der Waals surface area contributed by atoms with Gasteiger partial charge >= 0.3 is 0 Å². The zero-order valence-corrected chi connectivity index (χ0v) is 12.3. The van der Waals surface area contributed by atoms with Crippen LogP contribution in [0.5, 0.6) is 0 Å². The highest BCUT2D eigenvalue weighted by atomic mass is 19.1. The smallest absolute Gasteiger partial charge is 0.262 e. The number of alkyl halides is 1. The van der Waals surface area contributed by atoms with Crippen molar-refractivity contribution < 1.29 is 14.0 Å². The summed E-state index contributed by atoms with van der Waals surface area (Å²) < 4.78 is 15.1. The Balaban J connectivity index is 1.61. The maximum Gasteiger partial charge on any atom is 0.262 e. The average Bonchev–Trinajstić information content (AvgIpc) is 2.69. The standard InChI is InChI=1S/C18H18FNO2/c19-17-6-11-5-12(7-17)9-18(8-11,10-17)20-15(21)13-3-1-2-4-14(13)16(20)22/h1-4,11-12H,5-10H2. The zero-order valence-electron chi connectivity index (χ0n) is 12.3. The molecule has 2 amide bonds. The lowest BCUT2D eigenvalue weighted by Crippen LogP contribution is -2.65. The van der Waals surface area contributed by atoms with Crippen molar-refractivity contribution in [2.75, 3.05) is 0 Å². The molecule has 22 heavy (non-hydrogen) atoms. The summed E-state index contributed by atoms with van der Waals surface area (Å²) in [5.74, 6) is 0.225. The second-order valence-electron chi connectivity index (χ2n) is 7.83. The first kappa shape index (κ1) is 12.8. The third-order valence-electron chi connectivity index (χ3n) is 6.23. The summed E-state index contributed by atoms with van der Waals surface area (Å²) in [6.07, 6.45) is 4.24. The van der Waals surface area contributed by atoms with Gasteiger partial charge in [0.25, 0.3) is 11.8 Å². The van der Waals surface area contributed by atoms with Crippen LogP contribution in [-0.2, 0) is 0 Å². The minimum atomic E-state index is -1.17. The predicted molar refractivity (Wildman–Crippen MR) is 78.2 cm³/mol. The quantitative estimate of drug-likeness (QED) is 0.746. The minimum Gasteiger partial charge on any atom is -0.269 e. The van der Waals surface area contributed by atoms with Gasteiger partial charge < -0.3 is 0 Å². The monoisotopic (exact) mass is 299 g/mol. The molecule has 0 spiro atoms. The minimum absolute atomic E-state index is 0.217. The summed E-state index contributed by atoms with van der Waals surface area (Å²) in [7, 11) is 0. The third kappa shape index (κ3) is 1.46. The average molecular weight is 299 g/mol. The molecule has 2 atom stereocenters. The maximum atomic E-state index is 15.1. The van der Waals surface area contributed by atoms with Crippen LogP contribution in [0.25, 0.3) is 0 Å². The zero-order chi connectivity index (χ0) is 15.1. The van der Waals surface area contributed by atoms with Gasteiger partial charge in [-0.2, -0.15) is 0 Å². The molecule has 4 aliphatic carbocycles. The van der Waals surface area contributed by atoms with Crippen LogP contribution in [0.3, 0.4) is 0 Å². The third-order valence-corrected chi connectivity index (χ3v) is 6.23. The SMILES string of the molecule is O=C1c2ccccc2C(=O)N1C12CC3CC(CC(F)(C3)C1)C2. The molecule has 0 radical (unpaired) electrons. The molecule has 1 aromatic rings. The summed E-state index contributed by atoms with van der Waals surface area (Å²) in [5, 5.41) is 0. The molecule has 0 N–H and O–H groups in total. The molecule has 0 aromatic heterocycles. The Morgan fingerprint density at radius 1 is 0.955 bits per heavy atom. The summed E-state index contributed by atoms with van der Waals surface area (Å²) >= 11 is 0. The van der Waals surface area contributed by atoms with Crippen molar-refractivity contribution in [3.8, 4) is 0 Å². The van der Waals surface area contributed by atoms with E-state index in [1.807, 2.05) is 0 Å². The molecule has 4 heteroatoms. The molecule has 6 rings (SSSR count). The van der Waals surface area contributed by atoms with Crippen molar-refractivity contribution in [1.29, 1.82) is 0 Å². The predicted octanol–water partition coefficient (Wildman–Crippen LogP) is 3.34. The van der Waals surface area contributed by atoms with Crippen LogP contribution >= 0.6 is 0 Å². The van der Waals surface area contributed by atoms with Crippen LogP contribution in [0, 0.1) is 11.8 Å². The van der Waals surface area contributed by atoms with Crippen molar-refractivity contribution in [3.63, 3.8) is 0 Å². The van der Waals surface area contributed by atoms with E-state index in [4.69, 9.17) is 0 Å². The van der Waals surface area contributed by atoms with Crippen LogP contribution < -0.4 is 0 Å². The van der Waals surface area contributed by atoms with Gasteiger partial charge in [-0.15, -0.1) is 0 Å². The lowest BCUT2D eigenvalue weighted by molar-refractivity contribution is -0.121. The van der Waals surface area contributed by atoms with E-state index in [2.05, 4.69) is 0 Å². The molecule has 5 aliphatic rings. The number of amides is 2. The van der Waals surface area contributed by atoms with Crippen LogP contribution in [-0.4, -0.2) is 27.9 Å². The highest BCUT2D eigenvalue weighted by molar-refractivity contribution is 6.21. The largest absolute Gasteiger partial charge is 0.269 e. The topological polar surface area (TPSA) is 37.4 Å². The Labute approximate surface area is 128 Å². The molecule has 1 aliphatic heterocycles. The molecule has 4 bridgehead atoms. The fraction of sp³-hybridized carbons (Fsp3) is 0.556. The highest BCUT2D eigenvalue weighted by Crippen LogP contribution is 2.61. The maximum absolute atomic E-state index is 15.1. The number of nitrogens with zero attached hydrogens (tertiary/aromatic N) is 1. The second kappa shape index (κ2) is 3.79. The van der Waals surface area contributed by atoms with E-state index in [9.17, 15) is 9.59 Å². The molecule has 0 saturated heterocycles. The number of imide groups is 1. The fourth-order valence-corrected chi connectivity index (χ4v) is 5.99. The van der Waals surface area contributed by atoms with Gasteiger partial charge in [-0.05, 0) is 56.1 Å². The molecule has 1 heterocycles. The second-order valence-corrected chi connectivity index (χ2v) is 7.83. The Morgan fingerprint density at radius 3 is 2.00 bits per heavy atom. The molecule has 4 fully saturated rings. The van der Waals surface area contributed by atoms with Crippen molar-refractivity contribution in [3.05, 3.63) is 35.4 Å². The van der Waals surface area contributed by atoms with Gasteiger partial charge in [-0.1, -0.05) is 12.1 Å². The van der Waals surface area contributed by atoms with Gasteiger partial charge in [0.1, 0.15) is 5.67 Å². The Bertz CT molecular complexity index is 664. The number of carbonyl (C=O) groups excluding carboxylic acids is 2. The van der Waals surface area contributed by atoms with E-state index < -0.39 is 11.2 Å². The number of hydrogen-bond acceptors (Lipinski definition) is 2. The Kier molecular flexibility index (Phi) is 2.20. The number of rotatable bonds is 1. The van der Waals surface area contributed by atoms with Crippen molar-refractivity contribution in [2.45, 2.75) is 49.7 Å². The van der Waals surface area contributed by atoms with Gasteiger partial charge in [0.15, 0.2) is 0 Å². The summed E-state index contributed by atoms with van der Waals surface area (Å²) in [4.78, 5) is 27.1. The molecule has 114 valence electrons. The van der Waals surface area contributed by atoms with E-state index in [0.29, 0.717) is 42.2 Å². The van der Waals surface area contributed by atoms with E-state index in [1.165, 1.54) is 4.90 Å². The normalized spacial score (nSPS) is 42.1. The lowest BCUT2D eigenvalue weighted by Gasteiger charge is -2.61. The molecule has 1 aromatic carbocycles. The fourth-order valence-electron chi connectivity index (χ4n) is 5.99. The van der Waals surface area contributed by atoms with Gasteiger partial charge in [0, 0.05) is 6.42 Å². The first-order valence-corrected chi connectivity index (χ1v) is 8.17. The van der Waals surface area contributed by atoms with Gasteiger partial charge in [0.2, 0.25) is 0 Å². The van der Waals surface area contributed by atoms with E-state index in [1.54, 1.807) is 24.3 Å². The molecule has 3 nitrogen and oxygen atoms in total. The number of fused-ring (bicyclic) bond motifs is 1. The van der Waals surface area contributed by atoms with Crippen LogP contribution in [0.1, 0.15) is 59.2 Å². The summed E-state index contributed by atoms with van der Waals surface area (Å²) in [5.41, 5.74) is -0.780. The summed E-state index contributed by atoms with van der Waals surface area (Å²) in [6, 6.07) is 6.98. The molecular formula is C18H18FNO2. The van der Waals surface area contributed by atoms with E-state index >= 15 is 4.39 Å². The van der Waals surface area contributed by atoms with E-state index in [-0.39, 0.29) is 11.8 Å². The highest BCUT2D eigenvalue weighted by Gasteiger charge is 2.63. The van der Waals surface area contributed by atoms with Gasteiger partial charge in [0.05, 0.1) is 16.7 Å². The number of hydrogen-bond donors (Lipinski definition) is 0. The van der Waals surface area contributed by atoms with Gasteiger partial charge in [-0.3, -0.25) is 14.5 Å². The number of carbonyl (C=O) groups is 2. The van der Waals surface area contributed by atoms with E-state index in [0.717, 1.165) is 19.3 Å². The van der Waals surface area contributed by atoms with Crippen molar-refractivity contribution in [1.82, 2.24) is 4.90 Å². The van der Waals surface area contributed by atoms with Crippen LogP contribution in [0.4, 0.5) is 4.39 Å². The number of benzene rings is 1. The van der Waals surface area contributed by atoms with Crippen molar-refractivity contribution >= 4 is 11.8 Å². The Morgan fingerprint density at radius 2 is 1.50 bits per heavy atom. The molecule has 2 unspecified atom stereocenters. The number of halogens is 1. The Hall–Kier alpha value is -1.71. The summed E-state index contributed by atoms with van der Waals surface area (Å²) in [6.45, 7) is 0.